The number of aromatic nitrogens is 2. The number of ether oxygens (including phenoxy) is 3. The first kappa shape index (κ1) is 32.5. The quantitative estimate of drug-likeness (QED) is 0.122. The van der Waals surface area contributed by atoms with Gasteiger partial charge in [0.1, 0.15) is 5.75 Å². The third-order valence-electron chi connectivity index (χ3n) is 7.06. The van der Waals surface area contributed by atoms with Crippen molar-refractivity contribution in [2.45, 2.75) is 67.7 Å². The summed E-state index contributed by atoms with van der Waals surface area (Å²) in [7, 11) is 0. The van der Waals surface area contributed by atoms with E-state index in [0.29, 0.717) is 54.5 Å². The van der Waals surface area contributed by atoms with E-state index in [2.05, 4.69) is 47.3 Å². The number of fused-ring (bicyclic) bond motifs is 1. The zero-order valence-electron chi connectivity index (χ0n) is 27.4. The van der Waals surface area contributed by atoms with Crippen molar-refractivity contribution in [1.82, 2.24) is 9.66 Å². The van der Waals surface area contributed by atoms with Crippen molar-refractivity contribution in [3.05, 3.63) is 93.8 Å². The Kier molecular flexibility index (Phi) is 10.3. The molecule has 3 aromatic carbocycles. The number of para-hydroxylation sites is 1. The summed E-state index contributed by atoms with van der Waals surface area (Å²) in [5.41, 5.74) is 4.86. The molecule has 0 fully saturated rings. The fraction of sp³-hybridized carbons (Fsp3) is 0.378. The number of aryl methyl sites for hydroxylation is 1. The predicted molar refractivity (Wildman–Crippen MR) is 181 cm³/mol. The van der Waals surface area contributed by atoms with Gasteiger partial charge in [0.15, 0.2) is 17.3 Å². The summed E-state index contributed by atoms with van der Waals surface area (Å²) < 4.78 is 19.7. The molecule has 1 heterocycles. The summed E-state index contributed by atoms with van der Waals surface area (Å²) in [6, 6.07) is 15.4. The molecule has 7 heteroatoms. The minimum atomic E-state index is -0.247. The van der Waals surface area contributed by atoms with Gasteiger partial charge in [-0.1, -0.05) is 52.8 Å². The van der Waals surface area contributed by atoms with Gasteiger partial charge >= 0.3 is 0 Å². The number of hydrogen-bond acceptors (Lipinski definition) is 6. The average molecular weight is 596 g/mol. The zero-order chi connectivity index (χ0) is 32.0. The molecule has 0 saturated heterocycles. The number of allylic oxidation sites excluding steroid dienone is 1. The first-order chi connectivity index (χ1) is 21.0. The van der Waals surface area contributed by atoms with Gasteiger partial charge in [-0.2, -0.15) is 9.78 Å². The van der Waals surface area contributed by atoms with Crippen molar-refractivity contribution in [2.75, 3.05) is 19.8 Å². The lowest BCUT2D eigenvalue weighted by atomic mass is 9.96. The van der Waals surface area contributed by atoms with E-state index in [1.165, 1.54) is 4.68 Å². The van der Waals surface area contributed by atoms with E-state index in [9.17, 15) is 4.79 Å². The highest BCUT2D eigenvalue weighted by Crippen LogP contribution is 2.36. The van der Waals surface area contributed by atoms with E-state index in [1.54, 1.807) is 12.3 Å². The molecule has 232 valence electrons. The normalized spacial score (nSPS) is 11.8. The Morgan fingerprint density at radius 1 is 1.00 bits per heavy atom. The minimum absolute atomic E-state index is 0.0237. The SMILES string of the molecule is C=CCc1cc(C=Nn2c(-c3cc(C(C)C)c(OCC)cc3C)nc3ccccc3c2=O)cc(OCC)c1OCC(C)(C)C. The second-order valence-electron chi connectivity index (χ2n) is 12.4. The molecule has 0 aliphatic rings. The highest BCUT2D eigenvalue weighted by atomic mass is 16.5. The lowest BCUT2D eigenvalue weighted by Gasteiger charge is -2.22. The molecule has 0 amide bonds. The maximum absolute atomic E-state index is 13.9. The molecule has 0 radical (unpaired) electrons. The Hall–Kier alpha value is -4.39. The Morgan fingerprint density at radius 2 is 1.70 bits per heavy atom. The molecule has 0 unspecified atom stereocenters. The molecule has 0 aliphatic carbocycles. The molecular weight excluding hydrogens is 550 g/mol. The van der Waals surface area contributed by atoms with Gasteiger partial charge < -0.3 is 14.2 Å². The van der Waals surface area contributed by atoms with Crippen molar-refractivity contribution in [2.24, 2.45) is 10.5 Å². The van der Waals surface area contributed by atoms with E-state index in [-0.39, 0.29) is 16.9 Å². The molecule has 0 N–H and O–H groups in total. The standard InChI is InChI=1S/C37H45N3O4/c1-10-15-27-19-26(20-33(43-12-3)34(27)44-23-37(7,8)9)22-38-40-35(39-31-17-14-13-16-28(31)36(40)41)30-21-29(24(4)5)32(42-11-2)18-25(30)6/h10,13-14,16-22,24H,1,11-12,15,23H2,2-9H3. The van der Waals surface area contributed by atoms with E-state index < -0.39 is 0 Å². The molecule has 1 aromatic heterocycles. The van der Waals surface area contributed by atoms with Crippen LogP contribution in [-0.2, 0) is 6.42 Å². The van der Waals surface area contributed by atoms with Crippen LogP contribution in [0.4, 0.5) is 0 Å². The molecule has 0 bridgehead atoms. The third-order valence-corrected chi connectivity index (χ3v) is 7.06. The Labute approximate surface area is 261 Å². The van der Waals surface area contributed by atoms with Crippen molar-refractivity contribution in [3.63, 3.8) is 0 Å². The van der Waals surface area contributed by atoms with Crippen LogP contribution < -0.4 is 19.8 Å². The smallest absolute Gasteiger partial charge is 0.282 e. The van der Waals surface area contributed by atoms with Gasteiger partial charge in [0.2, 0.25) is 0 Å². The fourth-order valence-corrected chi connectivity index (χ4v) is 4.98. The minimum Gasteiger partial charge on any atom is -0.494 e. The third kappa shape index (κ3) is 7.39. The number of hydrogen-bond donors (Lipinski definition) is 0. The Bertz CT molecular complexity index is 1730. The van der Waals surface area contributed by atoms with Crippen molar-refractivity contribution < 1.29 is 14.2 Å². The van der Waals surface area contributed by atoms with Crippen LogP contribution in [0.3, 0.4) is 0 Å². The predicted octanol–water partition coefficient (Wildman–Crippen LogP) is 8.33. The average Bonchev–Trinajstić information content (AvgIpc) is 2.96. The first-order valence-corrected chi connectivity index (χ1v) is 15.3. The molecule has 4 rings (SSSR count). The molecular formula is C37H45N3O4. The van der Waals surface area contributed by atoms with Crippen LogP contribution in [0.5, 0.6) is 17.2 Å². The second kappa shape index (κ2) is 13.9. The van der Waals surface area contributed by atoms with E-state index >= 15 is 0 Å². The molecule has 0 atom stereocenters. The second-order valence-corrected chi connectivity index (χ2v) is 12.4. The molecule has 0 spiro atoms. The van der Waals surface area contributed by atoms with E-state index in [0.717, 1.165) is 33.6 Å². The van der Waals surface area contributed by atoms with Gasteiger partial charge in [-0.05, 0) is 91.6 Å². The van der Waals surface area contributed by atoms with Gasteiger partial charge in [-0.15, -0.1) is 6.58 Å². The monoisotopic (exact) mass is 595 g/mol. The van der Waals surface area contributed by atoms with Crippen LogP contribution in [0.1, 0.15) is 76.6 Å². The first-order valence-electron chi connectivity index (χ1n) is 15.3. The van der Waals surface area contributed by atoms with Crippen molar-refractivity contribution in [3.8, 4) is 28.6 Å². The summed E-state index contributed by atoms with van der Waals surface area (Å²) in [5, 5.41) is 5.25. The number of rotatable bonds is 12. The van der Waals surface area contributed by atoms with E-state index in [1.807, 2.05) is 63.2 Å². The van der Waals surface area contributed by atoms with Crippen LogP contribution in [0.15, 0.2) is 71.1 Å². The summed E-state index contributed by atoms with van der Waals surface area (Å²) in [6.07, 6.45) is 4.11. The van der Waals surface area contributed by atoms with Crippen LogP contribution in [0.25, 0.3) is 22.3 Å². The van der Waals surface area contributed by atoms with Crippen LogP contribution in [0.2, 0.25) is 0 Å². The number of benzene rings is 3. The van der Waals surface area contributed by atoms with Gasteiger partial charge in [-0.3, -0.25) is 4.79 Å². The molecule has 0 saturated carbocycles. The van der Waals surface area contributed by atoms with Crippen LogP contribution in [0, 0.1) is 12.3 Å². The molecule has 44 heavy (non-hydrogen) atoms. The van der Waals surface area contributed by atoms with Gasteiger partial charge in [0.05, 0.1) is 36.9 Å². The Morgan fingerprint density at radius 3 is 2.36 bits per heavy atom. The lowest BCUT2D eigenvalue weighted by molar-refractivity contribution is 0.187. The summed E-state index contributed by atoms with van der Waals surface area (Å²) >= 11 is 0. The molecule has 4 aromatic rings. The van der Waals surface area contributed by atoms with Crippen molar-refractivity contribution in [1.29, 1.82) is 0 Å². The number of nitrogens with zero attached hydrogens (tertiary/aromatic N) is 3. The highest BCUT2D eigenvalue weighted by molar-refractivity contribution is 5.83. The lowest BCUT2D eigenvalue weighted by Crippen LogP contribution is -2.21. The highest BCUT2D eigenvalue weighted by Gasteiger charge is 2.20. The van der Waals surface area contributed by atoms with Crippen molar-refractivity contribution >= 4 is 17.1 Å². The van der Waals surface area contributed by atoms with Gasteiger partial charge in [-0.25, -0.2) is 4.98 Å². The van der Waals surface area contributed by atoms with Gasteiger partial charge in [0, 0.05) is 11.1 Å². The molecule has 0 aliphatic heterocycles. The summed E-state index contributed by atoms with van der Waals surface area (Å²) in [4.78, 5) is 18.9. The maximum Gasteiger partial charge on any atom is 0.282 e. The maximum atomic E-state index is 13.9. The van der Waals surface area contributed by atoms with Crippen LogP contribution >= 0.6 is 0 Å². The van der Waals surface area contributed by atoms with Gasteiger partial charge in [0.25, 0.3) is 5.56 Å². The fourth-order valence-electron chi connectivity index (χ4n) is 4.98. The Balaban J connectivity index is 1.92. The molecule has 7 nitrogen and oxygen atoms in total. The zero-order valence-corrected chi connectivity index (χ0v) is 27.4. The largest absolute Gasteiger partial charge is 0.494 e. The summed E-state index contributed by atoms with van der Waals surface area (Å²) in [5.74, 6) is 2.85. The topological polar surface area (TPSA) is 74.9 Å². The van der Waals surface area contributed by atoms with Crippen LogP contribution in [-0.4, -0.2) is 35.7 Å². The van der Waals surface area contributed by atoms with E-state index in [4.69, 9.17) is 24.3 Å². The summed E-state index contributed by atoms with van der Waals surface area (Å²) in [6.45, 7) is 22.1.